The molecular weight excluding hydrogens is 290 g/mol. The molecule has 8 heteroatoms. The smallest absolute Gasteiger partial charge is 0.475 e. The van der Waals surface area contributed by atoms with E-state index in [1.165, 1.54) is 0 Å². The summed E-state index contributed by atoms with van der Waals surface area (Å²) in [5.41, 5.74) is 0.793. The minimum Gasteiger partial charge on any atom is -0.487 e. The van der Waals surface area contributed by atoms with Gasteiger partial charge in [0, 0.05) is 12.0 Å². The standard InChI is InChI=1S/C12H15ClNO6/c13-5-9(15)6-18-11-3-1-2-8-4-10(20-14(16)17)7-19-12(8)11/h1-3,9-10,15H,4-7H2,(H,16,17)/q+1. The molecule has 1 heterocycles. The highest BCUT2D eigenvalue weighted by Gasteiger charge is 2.29. The molecule has 2 N–H and O–H groups in total. The normalized spacial score (nSPS) is 18.6. The van der Waals surface area contributed by atoms with Crippen molar-refractivity contribution in [1.29, 1.82) is 0 Å². The van der Waals surface area contributed by atoms with E-state index in [0.717, 1.165) is 5.56 Å². The van der Waals surface area contributed by atoms with Crippen molar-refractivity contribution in [3.05, 3.63) is 28.7 Å². The van der Waals surface area contributed by atoms with Crippen LogP contribution in [0.15, 0.2) is 18.2 Å². The van der Waals surface area contributed by atoms with E-state index in [4.69, 9.17) is 26.3 Å². The average molecular weight is 305 g/mol. The van der Waals surface area contributed by atoms with E-state index in [9.17, 15) is 10.0 Å². The van der Waals surface area contributed by atoms with Gasteiger partial charge in [0.2, 0.25) is 6.10 Å². The molecule has 1 aliphatic rings. The number of benzene rings is 1. The summed E-state index contributed by atoms with van der Waals surface area (Å²) >= 11 is 5.49. The van der Waals surface area contributed by atoms with Gasteiger partial charge in [0.15, 0.2) is 11.5 Å². The molecule has 0 aromatic heterocycles. The van der Waals surface area contributed by atoms with Gasteiger partial charge < -0.3 is 14.6 Å². The van der Waals surface area contributed by atoms with Crippen LogP contribution in [0.25, 0.3) is 0 Å². The molecule has 2 rings (SSSR count). The van der Waals surface area contributed by atoms with E-state index in [2.05, 4.69) is 4.84 Å². The number of rotatable bonds is 6. The van der Waals surface area contributed by atoms with Crippen LogP contribution in [0, 0.1) is 4.91 Å². The lowest BCUT2D eigenvalue weighted by Gasteiger charge is -2.23. The third-order valence-corrected chi connectivity index (χ3v) is 3.13. The van der Waals surface area contributed by atoms with Crippen molar-refractivity contribution in [1.82, 2.24) is 0 Å². The SMILES string of the molecule is O=[N+](O)OC1COc2c(cccc2OCC(O)CCl)C1. The summed E-state index contributed by atoms with van der Waals surface area (Å²) in [6.45, 7) is 0.180. The second-order valence-corrected chi connectivity index (χ2v) is 4.65. The second kappa shape index (κ2) is 6.62. The monoisotopic (exact) mass is 304 g/mol. The molecule has 0 saturated carbocycles. The second-order valence-electron chi connectivity index (χ2n) is 4.34. The van der Waals surface area contributed by atoms with E-state index < -0.39 is 17.3 Å². The Morgan fingerprint density at radius 2 is 2.35 bits per heavy atom. The molecule has 0 spiro atoms. The van der Waals surface area contributed by atoms with Crippen molar-refractivity contribution in [2.24, 2.45) is 0 Å². The molecule has 0 amide bonds. The van der Waals surface area contributed by atoms with Crippen LogP contribution in [-0.2, 0) is 11.3 Å². The third-order valence-electron chi connectivity index (χ3n) is 2.77. The fourth-order valence-corrected chi connectivity index (χ4v) is 1.99. The van der Waals surface area contributed by atoms with Crippen LogP contribution >= 0.6 is 11.6 Å². The fraction of sp³-hybridized carbons (Fsp3) is 0.500. The van der Waals surface area contributed by atoms with E-state index in [-0.39, 0.29) is 19.1 Å². The quantitative estimate of drug-likeness (QED) is 0.604. The van der Waals surface area contributed by atoms with Crippen molar-refractivity contribution in [3.8, 4) is 11.5 Å². The summed E-state index contributed by atoms with van der Waals surface area (Å²) < 4.78 is 10.9. The number of alkyl halides is 1. The topological polar surface area (TPSA) is 88.2 Å². The summed E-state index contributed by atoms with van der Waals surface area (Å²) in [7, 11) is 0. The van der Waals surface area contributed by atoms with Crippen LogP contribution in [0.2, 0.25) is 0 Å². The van der Waals surface area contributed by atoms with Gasteiger partial charge in [0.1, 0.15) is 24.2 Å². The molecule has 1 aromatic rings. The molecule has 110 valence electrons. The largest absolute Gasteiger partial charge is 0.487 e. The van der Waals surface area contributed by atoms with E-state index >= 15 is 0 Å². The van der Waals surface area contributed by atoms with E-state index in [0.29, 0.717) is 17.9 Å². The molecule has 1 aliphatic heterocycles. The van der Waals surface area contributed by atoms with Crippen LogP contribution < -0.4 is 9.47 Å². The summed E-state index contributed by atoms with van der Waals surface area (Å²) in [5, 5.41) is 17.3. The van der Waals surface area contributed by atoms with Gasteiger partial charge in [-0.2, -0.15) is 4.84 Å². The van der Waals surface area contributed by atoms with Crippen molar-refractivity contribution in [2.45, 2.75) is 18.6 Å². The Kier molecular flexibility index (Phi) is 4.86. The minimum absolute atomic E-state index is 0.0637. The molecule has 0 bridgehead atoms. The highest BCUT2D eigenvalue weighted by Crippen LogP contribution is 2.35. The molecule has 0 fully saturated rings. The first-order chi connectivity index (χ1) is 9.60. The lowest BCUT2D eigenvalue weighted by molar-refractivity contribution is -0.981. The van der Waals surface area contributed by atoms with Crippen LogP contribution in [-0.4, -0.2) is 46.7 Å². The maximum absolute atomic E-state index is 10.4. The molecule has 0 radical (unpaired) electrons. The Bertz CT molecular complexity index is 483. The summed E-state index contributed by atoms with van der Waals surface area (Å²) in [4.78, 5) is 15.0. The summed E-state index contributed by atoms with van der Waals surface area (Å²) in [6, 6.07) is 5.29. The zero-order valence-corrected chi connectivity index (χ0v) is 11.3. The molecule has 2 unspecified atom stereocenters. The van der Waals surface area contributed by atoms with Crippen molar-refractivity contribution < 1.29 is 29.7 Å². The molecule has 2 atom stereocenters. The highest BCUT2D eigenvalue weighted by molar-refractivity contribution is 6.18. The van der Waals surface area contributed by atoms with Gasteiger partial charge >= 0.3 is 5.09 Å². The maximum Gasteiger partial charge on any atom is 0.475 e. The van der Waals surface area contributed by atoms with Crippen LogP contribution in [0.1, 0.15) is 5.56 Å². The number of hydrogen-bond acceptors (Lipinski definition) is 5. The van der Waals surface area contributed by atoms with Gasteiger partial charge in [-0.25, -0.2) is 5.21 Å². The Labute approximate surface area is 120 Å². The molecule has 7 nitrogen and oxygen atoms in total. The number of para-hydroxylation sites is 1. The number of nitrogens with zero attached hydrogens (tertiary/aromatic N) is 1. The summed E-state index contributed by atoms with van der Waals surface area (Å²) in [5.74, 6) is 1.12. The number of halogens is 1. The van der Waals surface area contributed by atoms with Crippen LogP contribution in [0.5, 0.6) is 11.5 Å². The first-order valence-corrected chi connectivity index (χ1v) is 6.58. The van der Waals surface area contributed by atoms with E-state index in [1.807, 2.05) is 6.07 Å². The molecular formula is C12H15ClNO6+. The maximum atomic E-state index is 10.4. The molecule has 0 aliphatic carbocycles. The van der Waals surface area contributed by atoms with Gasteiger partial charge in [-0.05, 0) is 6.07 Å². The Morgan fingerprint density at radius 3 is 3.05 bits per heavy atom. The predicted octanol–water partition coefficient (Wildman–Crippen LogP) is 1.07. The Morgan fingerprint density at radius 1 is 1.55 bits per heavy atom. The average Bonchev–Trinajstić information content (AvgIpc) is 2.43. The predicted molar refractivity (Wildman–Crippen MR) is 68.1 cm³/mol. The Balaban J connectivity index is 2.06. The lowest BCUT2D eigenvalue weighted by atomic mass is 10.0. The molecule has 0 saturated heterocycles. The number of aliphatic hydroxyl groups excluding tert-OH is 1. The van der Waals surface area contributed by atoms with E-state index in [1.54, 1.807) is 12.1 Å². The fourth-order valence-electron chi connectivity index (χ4n) is 1.91. The van der Waals surface area contributed by atoms with Crippen molar-refractivity contribution >= 4 is 11.6 Å². The summed E-state index contributed by atoms with van der Waals surface area (Å²) in [6.07, 6.45) is -0.909. The zero-order chi connectivity index (χ0) is 14.5. The zero-order valence-electron chi connectivity index (χ0n) is 10.6. The number of fused-ring (bicyclic) bond motifs is 1. The minimum atomic E-state index is -0.754. The van der Waals surface area contributed by atoms with Gasteiger partial charge in [0.05, 0.1) is 5.88 Å². The highest BCUT2D eigenvalue weighted by atomic mass is 35.5. The first kappa shape index (κ1) is 14.7. The van der Waals surface area contributed by atoms with Gasteiger partial charge in [-0.1, -0.05) is 12.1 Å². The van der Waals surface area contributed by atoms with Gasteiger partial charge in [-0.3, -0.25) is 0 Å². The van der Waals surface area contributed by atoms with Crippen molar-refractivity contribution in [2.75, 3.05) is 19.1 Å². The van der Waals surface area contributed by atoms with Crippen LogP contribution in [0.3, 0.4) is 0 Å². The number of ether oxygens (including phenoxy) is 2. The number of aliphatic hydroxyl groups is 1. The van der Waals surface area contributed by atoms with Gasteiger partial charge in [0.25, 0.3) is 0 Å². The third kappa shape index (κ3) is 3.64. The molecule has 20 heavy (non-hydrogen) atoms. The number of hydrogen-bond donors (Lipinski definition) is 2. The lowest BCUT2D eigenvalue weighted by Crippen LogP contribution is -2.31. The van der Waals surface area contributed by atoms with Crippen molar-refractivity contribution in [3.63, 3.8) is 0 Å². The van der Waals surface area contributed by atoms with Gasteiger partial charge in [-0.15, -0.1) is 11.6 Å². The molecule has 1 aromatic carbocycles. The Hall–Kier alpha value is -1.73. The van der Waals surface area contributed by atoms with Crippen LogP contribution in [0.4, 0.5) is 0 Å². The first-order valence-electron chi connectivity index (χ1n) is 6.04.